The minimum atomic E-state index is -0.402. The van der Waals surface area contributed by atoms with Gasteiger partial charge in [-0.25, -0.2) is 4.39 Å². The Hall–Kier alpha value is -4.33. The Kier molecular flexibility index (Phi) is 6.77. The van der Waals surface area contributed by atoms with Crippen LogP contribution in [0.2, 0.25) is 0 Å². The number of benzene rings is 3. The van der Waals surface area contributed by atoms with Gasteiger partial charge in [0.25, 0.3) is 5.91 Å². The van der Waals surface area contributed by atoms with Gasteiger partial charge in [0.1, 0.15) is 5.82 Å². The van der Waals surface area contributed by atoms with E-state index in [-0.39, 0.29) is 29.7 Å². The standard InChI is InChI=1S/C26H23FN4O3/c1-17(18-8-12-21(13-9-18)30-26(34)19-6-10-20(27)11-7-19)29-25(33)14-15-31-23-5-3-2-4-22(23)24(32)16-28-31/h2-13,16-17H,14-15H2,1H3,(H,29,33)(H,30,34). The van der Waals surface area contributed by atoms with E-state index in [1.807, 2.05) is 25.1 Å². The van der Waals surface area contributed by atoms with Crippen molar-refractivity contribution in [3.8, 4) is 0 Å². The molecule has 0 aliphatic heterocycles. The Labute approximate surface area is 195 Å². The van der Waals surface area contributed by atoms with E-state index in [1.165, 1.54) is 30.5 Å². The SMILES string of the molecule is CC(NC(=O)CCn1ncc(=O)c2ccccc21)c1ccc(NC(=O)c2ccc(F)cc2)cc1. The van der Waals surface area contributed by atoms with E-state index in [0.29, 0.717) is 28.7 Å². The molecule has 0 saturated carbocycles. The van der Waals surface area contributed by atoms with Crippen LogP contribution in [0.5, 0.6) is 0 Å². The number of hydrogen-bond donors (Lipinski definition) is 2. The average molecular weight is 458 g/mol. The van der Waals surface area contributed by atoms with Crippen LogP contribution in [0.4, 0.5) is 10.1 Å². The van der Waals surface area contributed by atoms with Crippen LogP contribution in [0.25, 0.3) is 10.9 Å². The summed E-state index contributed by atoms with van der Waals surface area (Å²) in [5, 5.41) is 10.4. The van der Waals surface area contributed by atoms with Gasteiger partial charge < -0.3 is 10.6 Å². The zero-order valence-corrected chi connectivity index (χ0v) is 18.5. The molecule has 8 heteroatoms. The monoisotopic (exact) mass is 458 g/mol. The average Bonchev–Trinajstić information content (AvgIpc) is 2.84. The van der Waals surface area contributed by atoms with Gasteiger partial charge >= 0.3 is 0 Å². The summed E-state index contributed by atoms with van der Waals surface area (Å²) in [5.41, 5.74) is 2.36. The first-order valence-corrected chi connectivity index (χ1v) is 10.8. The molecule has 0 saturated heterocycles. The highest BCUT2D eigenvalue weighted by Gasteiger charge is 2.12. The fourth-order valence-corrected chi connectivity index (χ4v) is 3.60. The van der Waals surface area contributed by atoms with Gasteiger partial charge in [-0.2, -0.15) is 5.10 Å². The van der Waals surface area contributed by atoms with Crippen molar-refractivity contribution in [2.45, 2.75) is 25.9 Å². The second-order valence-electron chi connectivity index (χ2n) is 7.87. The molecule has 0 aliphatic rings. The lowest BCUT2D eigenvalue weighted by Crippen LogP contribution is -2.28. The fourth-order valence-electron chi connectivity index (χ4n) is 3.60. The zero-order chi connectivity index (χ0) is 24.1. The van der Waals surface area contributed by atoms with Gasteiger partial charge in [-0.05, 0) is 61.0 Å². The highest BCUT2D eigenvalue weighted by molar-refractivity contribution is 6.04. The number of nitrogens with one attached hydrogen (secondary N) is 2. The van der Waals surface area contributed by atoms with Gasteiger partial charge in [-0.1, -0.05) is 24.3 Å². The van der Waals surface area contributed by atoms with Gasteiger partial charge in [0.05, 0.1) is 24.3 Å². The van der Waals surface area contributed by atoms with Crippen LogP contribution < -0.4 is 16.1 Å². The minimum absolute atomic E-state index is 0.147. The van der Waals surface area contributed by atoms with E-state index in [4.69, 9.17) is 0 Å². The maximum absolute atomic E-state index is 13.0. The van der Waals surface area contributed by atoms with E-state index >= 15 is 0 Å². The molecule has 1 heterocycles. The number of hydrogen-bond acceptors (Lipinski definition) is 4. The molecule has 34 heavy (non-hydrogen) atoms. The summed E-state index contributed by atoms with van der Waals surface area (Å²) >= 11 is 0. The van der Waals surface area contributed by atoms with E-state index < -0.39 is 5.82 Å². The van der Waals surface area contributed by atoms with E-state index in [0.717, 1.165) is 5.56 Å². The second kappa shape index (κ2) is 10.1. The summed E-state index contributed by atoms with van der Waals surface area (Å²) in [5.74, 6) is -0.885. The van der Waals surface area contributed by atoms with Crippen molar-refractivity contribution >= 4 is 28.4 Å². The van der Waals surface area contributed by atoms with Gasteiger partial charge in [-0.3, -0.25) is 19.1 Å². The highest BCUT2D eigenvalue weighted by atomic mass is 19.1. The number of aryl methyl sites for hydroxylation is 1. The molecule has 1 unspecified atom stereocenters. The maximum atomic E-state index is 13.0. The molecule has 0 fully saturated rings. The van der Waals surface area contributed by atoms with Gasteiger partial charge in [0.2, 0.25) is 11.3 Å². The molecule has 7 nitrogen and oxygen atoms in total. The number of anilines is 1. The second-order valence-corrected chi connectivity index (χ2v) is 7.87. The predicted octanol–water partition coefficient (Wildman–Crippen LogP) is 4.06. The topological polar surface area (TPSA) is 93.1 Å². The zero-order valence-electron chi connectivity index (χ0n) is 18.5. The normalized spacial score (nSPS) is 11.7. The summed E-state index contributed by atoms with van der Waals surface area (Å²) in [7, 11) is 0. The van der Waals surface area contributed by atoms with Crippen LogP contribution in [0.3, 0.4) is 0 Å². The molecule has 3 aromatic carbocycles. The van der Waals surface area contributed by atoms with Crippen LogP contribution in [0.15, 0.2) is 83.8 Å². The number of carbonyl (C=O) groups excluding carboxylic acids is 2. The Morgan fingerprint density at radius 3 is 2.44 bits per heavy atom. The molecule has 0 bridgehead atoms. The van der Waals surface area contributed by atoms with Crippen molar-refractivity contribution in [1.82, 2.24) is 15.1 Å². The van der Waals surface area contributed by atoms with Crippen LogP contribution in [0.1, 0.15) is 35.3 Å². The largest absolute Gasteiger partial charge is 0.350 e. The van der Waals surface area contributed by atoms with Gasteiger partial charge in [0.15, 0.2) is 0 Å². The van der Waals surface area contributed by atoms with Crippen LogP contribution in [-0.4, -0.2) is 21.6 Å². The third-order valence-electron chi connectivity index (χ3n) is 5.47. The molecule has 0 aliphatic carbocycles. The van der Waals surface area contributed by atoms with E-state index in [2.05, 4.69) is 15.7 Å². The number of nitrogens with zero attached hydrogens (tertiary/aromatic N) is 2. The lowest BCUT2D eigenvalue weighted by molar-refractivity contribution is -0.122. The molecule has 1 aromatic heterocycles. The molecule has 0 radical (unpaired) electrons. The minimum Gasteiger partial charge on any atom is -0.350 e. The van der Waals surface area contributed by atoms with Crippen LogP contribution in [0, 0.1) is 5.82 Å². The van der Waals surface area contributed by atoms with E-state index in [1.54, 1.807) is 35.0 Å². The summed E-state index contributed by atoms with van der Waals surface area (Å²) in [6.07, 6.45) is 1.47. The van der Waals surface area contributed by atoms with Crippen molar-refractivity contribution in [2.75, 3.05) is 5.32 Å². The van der Waals surface area contributed by atoms with Gasteiger partial charge in [-0.15, -0.1) is 0 Å². The lowest BCUT2D eigenvalue weighted by Gasteiger charge is -2.16. The van der Waals surface area contributed by atoms with Crippen molar-refractivity contribution in [3.63, 3.8) is 0 Å². The summed E-state index contributed by atoms with van der Waals surface area (Å²) in [6.45, 7) is 2.21. The van der Waals surface area contributed by atoms with Crippen molar-refractivity contribution < 1.29 is 14.0 Å². The Morgan fingerprint density at radius 2 is 1.71 bits per heavy atom. The number of para-hydroxylation sites is 1. The maximum Gasteiger partial charge on any atom is 0.255 e. The molecule has 1 atom stereocenters. The van der Waals surface area contributed by atoms with E-state index in [9.17, 15) is 18.8 Å². The first-order chi connectivity index (χ1) is 16.4. The molecule has 172 valence electrons. The van der Waals surface area contributed by atoms with Crippen molar-refractivity contribution in [2.24, 2.45) is 0 Å². The fraction of sp³-hybridized carbons (Fsp3) is 0.154. The summed E-state index contributed by atoms with van der Waals surface area (Å²) < 4.78 is 14.7. The highest BCUT2D eigenvalue weighted by Crippen LogP contribution is 2.17. The van der Waals surface area contributed by atoms with Crippen molar-refractivity contribution in [3.05, 3.63) is 106 Å². The number of amides is 2. The van der Waals surface area contributed by atoms with Gasteiger partial charge in [0, 0.05) is 23.1 Å². The Balaban J connectivity index is 1.33. The number of aromatic nitrogens is 2. The molecule has 4 aromatic rings. The number of fused-ring (bicyclic) bond motifs is 1. The predicted molar refractivity (Wildman–Crippen MR) is 128 cm³/mol. The molecular weight excluding hydrogens is 435 g/mol. The number of carbonyl (C=O) groups is 2. The number of rotatable bonds is 7. The Bertz CT molecular complexity index is 1380. The summed E-state index contributed by atoms with van der Waals surface area (Å²) in [4.78, 5) is 36.7. The van der Waals surface area contributed by atoms with Crippen LogP contribution in [-0.2, 0) is 11.3 Å². The first-order valence-electron chi connectivity index (χ1n) is 10.8. The molecule has 4 rings (SSSR count). The first kappa shape index (κ1) is 22.8. The smallest absolute Gasteiger partial charge is 0.255 e. The Morgan fingerprint density at radius 1 is 1.00 bits per heavy atom. The third-order valence-corrected chi connectivity index (χ3v) is 5.47. The lowest BCUT2D eigenvalue weighted by atomic mass is 10.1. The van der Waals surface area contributed by atoms with Crippen LogP contribution >= 0.6 is 0 Å². The summed E-state index contributed by atoms with van der Waals surface area (Å²) in [6, 6.07) is 19.4. The number of halogens is 1. The molecule has 2 amide bonds. The molecule has 0 spiro atoms. The third kappa shape index (κ3) is 5.35. The molecule has 2 N–H and O–H groups in total. The van der Waals surface area contributed by atoms with Crippen molar-refractivity contribution in [1.29, 1.82) is 0 Å². The molecular formula is C26H23FN4O3. The quantitative estimate of drug-likeness (QED) is 0.437.